The van der Waals surface area contributed by atoms with Gasteiger partial charge in [-0.15, -0.1) is 0 Å². The van der Waals surface area contributed by atoms with Gasteiger partial charge in [0, 0.05) is 26.9 Å². The molecule has 4 heteroatoms. The lowest BCUT2D eigenvalue weighted by Gasteiger charge is -2.46. The van der Waals surface area contributed by atoms with E-state index in [1.54, 1.807) is 20.7 Å². The van der Waals surface area contributed by atoms with Crippen molar-refractivity contribution in [1.29, 1.82) is 0 Å². The SMILES string of the molecule is c1ccc(N(c2ccccc2)c2ccc3c(c2)[Si]2(c4ccccc4Sc4ccccc42)c2ccccc2[SiH]3c2ccccc2)cc1. The highest BCUT2D eigenvalue weighted by atomic mass is 32.2. The summed E-state index contributed by atoms with van der Waals surface area (Å²) in [6, 6.07) is 68.4. The van der Waals surface area contributed by atoms with Crippen molar-refractivity contribution >= 4 is 82.0 Å². The van der Waals surface area contributed by atoms with Crippen LogP contribution in [0.25, 0.3) is 0 Å². The van der Waals surface area contributed by atoms with Crippen LogP contribution in [-0.2, 0) is 0 Å². The molecule has 218 valence electrons. The first-order valence-electron chi connectivity index (χ1n) is 15.9. The van der Waals surface area contributed by atoms with Gasteiger partial charge in [0.25, 0.3) is 0 Å². The minimum absolute atomic E-state index is 1.16. The standard InChI is InChI=1S/C42H31NSSi2/c1-4-16-31(17-5-1)43(32-18-6-2-7-19-32)33-28-29-38-42(30-33)46(39-25-13-10-22-35(39)44-36-23-11-14-26-40(36)46)41-27-15-12-24-37(41)45(38)34-20-8-3-9-21-34/h1-30,45H. The average molecular weight is 638 g/mol. The second-order valence-electron chi connectivity index (χ2n) is 12.1. The van der Waals surface area contributed by atoms with Crippen LogP contribution in [0.1, 0.15) is 0 Å². The molecule has 0 N–H and O–H groups in total. The lowest BCUT2D eigenvalue weighted by molar-refractivity contribution is 1.29. The molecule has 9 rings (SSSR count). The fourth-order valence-corrected chi connectivity index (χ4v) is 20.3. The second kappa shape index (κ2) is 11.2. The van der Waals surface area contributed by atoms with Crippen molar-refractivity contribution in [3.05, 3.63) is 182 Å². The van der Waals surface area contributed by atoms with Gasteiger partial charge in [-0.3, -0.25) is 0 Å². The fraction of sp³-hybridized carbons (Fsp3) is 0. The molecule has 1 atom stereocenters. The van der Waals surface area contributed by atoms with Crippen molar-refractivity contribution in [3.63, 3.8) is 0 Å². The molecule has 0 bridgehead atoms. The predicted molar refractivity (Wildman–Crippen MR) is 201 cm³/mol. The summed E-state index contributed by atoms with van der Waals surface area (Å²) in [6.07, 6.45) is 0. The first kappa shape index (κ1) is 27.4. The summed E-state index contributed by atoms with van der Waals surface area (Å²) >= 11 is 1.94. The van der Waals surface area contributed by atoms with Crippen molar-refractivity contribution in [1.82, 2.24) is 0 Å². The van der Waals surface area contributed by atoms with Gasteiger partial charge in [-0.05, 0) is 69.3 Å². The zero-order valence-corrected chi connectivity index (χ0v) is 28.2. The monoisotopic (exact) mass is 637 g/mol. The minimum Gasteiger partial charge on any atom is -0.311 e. The summed E-state index contributed by atoms with van der Waals surface area (Å²) in [5, 5.41) is 10.7. The number of nitrogens with zero attached hydrogens (tertiary/aromatic N) is 1. The first-order valence-corrected chi connectivity index (χ1v) is 20.4. The summed E-state index contributed by atoms with van der Waals surface area (Å²) in [5.41, 5.74) is 3.53. The number of benzene rings is 7. The molecule has 0 radical (unpaired) electrons. The highest BCUT2D eigenvalue weighted by molar-refractivity contribution is 8.00. The maximum absolute atomic E-state index is 2.72. The van der Waals surface area contributed by atoms with E-state index in [2.05, 4.69) is 187 Å². The van der Waals surface area contributed by atoms with E-state index in [0.29, 0.717) is 0 Å². The number of anilines is 3. The summed E-state index contributed by atoms with van der Waals surface area (Å²) < 4.78 is 0. The van der Waals surface area contributed by atoms with Crippen molar-refractivity contribution in [3.8, 4) is 0 Å². The van der Waals surface area contributed by atoms with Crippen molar-refractivity contribution in [2.24, 2.45) is 0 Å². The van der Waals surface area contributed by atoms with Gasteiger partial charge in [0.1, 0.15) is 8.80 Å². The van der Waals surface area contributed by atoms with E-state index >= 15 is 0 Å². The molecule has 0 fully saturated rings. The molecule has 2 aliphatic rings. The van der Waals surface area contributed by atoms with Crippen LogP contribution in [0.15, 0.2) is 192 Å². The molecule has 1 unspecified atom stereocenters. The zero-order chi connectivity index (χ0) is 30.5. The lowest BCUT2D eigenvalue weighted by atomic mass is 10.2. The molecule has 2 aliphatic heterocycles. The summed E-state index contributed by atoms with van der Waals surface area (Å²) in [6.45, 7) is 0. The predicted octanol–water partition coefficient (Wildman–Crippen LogP) is 5.56. The Balaban J connectivity index is 1.42. The summed E-state index contributed by atoms with van der Waals surface area (Å²) in [7, 11) is -4.51. The van der Waals surface area contributed by atoms with Crippen LogP contribution in [0.3, 0.4) is 0 Å². The summed E-state index contributed by atoms with van der Waals surface area (Å²) in [5.74, 6) is 0. The molecule has 7 aromatic rings. The Kier molecular flexibility index (Phi) is 6.67. The number of para-hydroxylation sites is 2. The van der Waals surface area contributed by atoms with Crippen LogP contribution in [0.5, 0.6) is 0 Å². The van der Waals surface area contributed by atoms with Gasteiger partial charge in [-0.2, -0.15) is 0 Å². The van der Waals surface area contributed by atoms with Gasteiger partial charge >= 0.3 is 0 Å². The normalized spacial score (nSPS) is 15.3. The van der Waals surface area contributed by atoms with Crippen LogP contribution in [0, 0.1) is 0 Å². The van der Waals surface area contributed by atoms with E-state index < -0.39 is 16.9 Å². The molecule has 7 aromatic carbocycles. The molecular weight excluding hydrogens is 607 g/mol. The molecule has 2 heterocycles. The van der Waals surface area contributed by atoms with Gasteiger partial charge in [0.05, 0.1) is 0 Å². The molecule has 46 heavy (non-hydrogen) atoms. The van der Waals surface area contributed by atoms with E-state index in [9.17, 15) is 0 Å². The molecule has 0 amide bonds. The molecule has 0 aromatic heterocycles. The van der Waals surface area contributed by atoms with Crippen LogP contribution < -0.4 is 41.2 Å². The summed E-state index contributed by atoms with van der Waals surface area (Å²) in [4.78, 5) is 5.21. The van der Waals surface area contributed by atoms with Crippen molar-refractivity contribution < 1.29 is 0 Å². The molecule has 0 aliphatic carbocycles. The van der Waals surface area contributed by atoms with Gasteiger partial charge in [0.2, 0.25) is 0 Å². The second-order valence-corrected chi connectivity index (χ2v) is 19.6. The van der Waals surface area contributed by atoms with Crippen molar-refractivity contribution in [2.45, 2.75) is 9.79 Å². The highest BCUT2D eigenvalue weighted by Gasteiger charge is 2.53. The average Bonchev–Trinajstić information content (AvgIpc) is 3.13. The Morgan fingerprint density at radius 1 is 0.391 bits per heavy atom. The number of hydrogen-bond acceptors (Lipinski definition) is 2. The third kappa shape index (κ3) is 4.15. The van der Waals surface area contributed by atoms with E-state index in [1.165, 1.54) is 31.0 Å². The molecular formula is C42H31NSSi2. The van der Waals surface area contributed by atoms with Crippen LogP contribution >= 0.6 is 11.8 Å². The maximum Gasteiger partial charge on any atom is 0.181 e. The third-order valence-electron chi connectivity index (χ3n) is 9.65. The number of hydrogen-bond donors (Lipinski definition) is 0. The van der Waals surface area contributed by atoms with E-state index in [0.717, 1.165) is 11.4 Å². The highest BCUT2D eigenvalue weighted by Crippen LogP contribution is 2.36. The largest absolute Gasteiger partial charge is 0.311 e. The Morgan fingerprint density at radius 2 is 0.870 bits per heavy atom. The smallest absolute Gasteiger partial charge is 0.181 e. The first-order chi connectivity index (χ1) is 22.8. The fourth-order valence-electron chi connectivity index (χ4n) is 7.84. The molecule has 1 spiro atoms. The maximum atomic E-state index is 2.59. The molecule has 0 saturated heterocycles. The topological polar surface area (TPSA) is 3.24 Å². The Bertz CT molecular complexity index is 2120. The van der Waals surface area contributed by atoms with Crippen LogP contribution in [0.2, 0.25) is 0 Å². The van der Waals surface area contributed by atoms with Gasteiger partial charge < -0.3 is 4.90 Å². The van der Waals surface area contributed by atoms with E-state index in [4.69, 9.17) is 0 Å². The van der Waals surface area contributed by atoms with Crippen LogP contribution in [0.4, 0.5) is 17.1 Å². The lowest BCUT2D eigenvalue weighted by Crippen LogP contribution is -2.87. The van der Waals surface area contributed by atoms with Gasteiger partial charge in [-0.1, -0.05) is 161 Å². The van der Waals surface area contributed by atoms with Crippen LogP contribution in [-0.4, -0.2) is 16.9 Å². The quantitative estimate of drug-likeness (QED) is 0.233. The molecule has 0 saturated carbocycles. The number of fused-ring (bicyclic) bond motifs is 8. The Morgan fingerprint density at radius 3 is 1.48 bits per heavy atom. The van der Waals surface area contributed by atoms with E-state index in [1.807, 2.05) is 11.8 Å². The van der Waals surface area contributed by atoms with Gasteiger partial charge in [0.15, 0.2) is 8.07 Å². The Hall–Kier alpha value is -4.88. The zero-order valence-electron chi connectivity index (χ0n) is 25.3. The third-order valence-corrected chi connectivity index (χ3v) is 20.0. The number of rotatable bonds is 4. The van der Waals surface area contributed by atoms with Crippen molar-refractivity contribution in [2.75, 3.05) is 4.90 Å². The minimum atomic E-state index is -2.72. The molecule has 1 nitrogen and oxygen atoms in total. The Labute approximate surface area is 277 Å². The van der Waals surface area contributed by atoms with E-state index in [-0.39, 0.29) is 0 Å². The van der Waals surface area contributed by atoms with Gasteiger partial charge in [-0.25, -0.2) is 0 Å².